The SMILES string of the molecule is CC(C)NC(=O)C[C@H](c1cccc([N+](=O)[O-])c1)c1c[nH]c2ccccc12. The lowest BCUT2D eigenvalue weighted by atomic mass is 9.87. The van der Waals surface area contributed by atoms with Gasteiger partial charge in [-0.2, -0.15) is 0 Å². The predicted molar refractivity (Wildman–Crippen MR) is 101 cm³/mol. The molecule has 0 spiro atoms. The Morgan fingerprint density at radius 1 is 1.19 bits per heavy atom. The highest BCUT2D eigenvalue weighted by Crippen LogP contribution is 2.34. The molecule has 0 saturated carbocycles. The van der Waals surface area contributed by atoms with Gasteiger partial charge < -0.3 is 10.3 Å². The number of carbonyl (C=O) groups is 1. The molecule has 0 saturated heterocycles. The Morgan fingerprint density at radius 2 is 1.96 bits per heavy atom. The monoisotopic (exact) mass is 351 g/mol. The van der Waals surface area contributed by atoms with E-state index in [0.717, 1.165) is 22.0 Å². The van der Waals surface area contributed by atoms with Crippen LogP contribution in [0.2, 0.25) is 0 Å². The third-order valence-corrected chi connectivity index (χ3v) is 4.32. The molecule has 1 atom stereocenters. The topological polar surface area (TPSA) is 88.0 Å². The number of benzene rings is 2. The van der Waals surface area contributed by atoms with Gasteiger partial charge in [-0.1, -0.05) is 30.3 Å². The van der Waals surface area contributed by atoms with Crippen molar-refractivity contribution in [2.45, 2.75) is 32.2 Å². The zero-order valence-electron chi connectivity index (χ0n) is 14.7. The fraction of sp³-hybridized carbons (Fsp3) is 0.250. The molecule has 1 aromatic heterocycles. The van der Waals surface area contributed by atoms with Crippen molar-refractivity contribution in [3.8, 4) is 0 Å². The third-order valence-electron chi connectivity index (χ3n) is 4.32. The van der Waals surface area contributed by atoms with E-state index < -0.39 is 4.92 Å². The Kier molecular flexibility index (Phi) is 5.02. The van der Waals surface area contributed by atoms with Gasteiger partial charge in [-0.15, -0.1) is 0 Å². The quantitative estimate of drug-likeness (QED) is 0.517. The van der Waals surface area contributed by atoms with Crippen LogP contribution in [0.4, 0.5) is 5.69 Å². The molecular weight excluding hydrogens is 330 g/mol. The first kappa shape index (κ1) is 17.7. The number of aromatic nitrogens is 1. The van der Waals surface area contributed by atoms with E-state index in [1.165, 1.54) is 6.07 Å². The lowest BCUT2D eigenvalue weighted by molar-refractivity contribution is -0.384. The summed E-state index contributed by atoms with van der Waals surface area (Å²) in [5, 5.41) is 15.1. The number of hydrogen-bond acceptors (Lipinski definition) is 3. The van der Waals surface area contributed by atoms with Crippen molar-refractivity contribution in [2.24, 2.45) is 0 Å². The van der Waals surface area contributed by atoms with E-state index in [1.54, 1.807) is 12.1 Å². The van der Waals surface area contributed by atoms with E-state index in [1.807, 2.05) is 50.4 Å². The Labute approximate surface area is 151 Å². The number of para-hydroxylation sites is 1. The van der Waals surface area contributed by atoms with Gasteiger partial charge in [0, 0.05) is 47.6 Å². The van der Waals surface area contributed by atoms with Gasteiger partial charge in [0.05, 0.1) is 4.92 Å². The standard InChI is InChI=1S/C20H21N3O3/c1-13(2)22-20(24)11-17(14-6-5-7-15(10-14)23(25)26)18-12-21-19-9-4-3-8-16(18)19/h3-10,12-13,17,21H,11H2,1-2H3,(H,22,24)/t17-/m1/s1. The van der Waals surface area contributed by atoms with E-state index in [2.05, 4.69) is 10.3 Å². The molecule has 1 heterocycles. The molecule has 0 aliphatic carbocycles. The molecule has 2 N–H and O–H groups in total. The number of nitro groups is 1. The number of nitro benzene ring substituents is 1. The van der Waals surface area contributed by atoms with Gasteiger partial charge in [-0.05, 0) is 31.0 Å². The predicted octanol–water partition coefficient (Wildman–Crippen LogP) is 4.12. The van der Waals surface area contributed by atoms with Crippen molar-refractivity contribution in [3.63, 3.8) is 0 Å². The molecule has 3 rings (SSSR count). The van der Waals surface area contributed by atoms with Crippen LogP contribution in [0.25, 0.3) is 10.9 Å². The Hall–Kier alpha value is -3.15. The van der Waals surface area contributed by atoms with E-state index in [0.29, 0.717) is 0 Å². The average molecular weight is 351 g/mol. The first-order valence-corrected chi connectivity index (χ1v) is 8.55. The number of carbonyl (C=O) groups excluding carboxylic acids is 1. The van der Waals surface area contributed by atoms with Crippen LogP contribution in [0.1, 0.15) is 37.3 Å². The zero-order valence-corrected chi connectivity index (χ0v) is 14.7. The van der Waals surface area contributed by atoms with Crippen LogP contribution in [0.15, 0.2) is 54.7 Å². The second-order valence-electron chi connectivity index (χ2n) is 6.62. The minimum Gasteiger partial charge on any atom is -0.361 e. The van der Waals surface area contributed by atoms with Gasteiger partial charge in [0.2, 0.25) is 5.91 Å². The molecule has 26 heavy (non-hydrogen) atoms. The first-order valence-electron chi connectivity index (χ1n) is 8.55. The van der Waals surface area contributed by atoms with Crippen molar-refractivity contribution >= 4 is 22.5 Å². The minimum absolute atomic E-state index is 0.0246. The second kappa shape index (κ2) is 7.39. The van der Waals surface area contributed by atoms with Crippen LogP contribution >= 0.6 is 0 Å². The van der Waals surface area contributed by atoms with E-state index in [-0.39, 0.29) is 30.0 Å². The highest BCUT2D eigenvalue weighted by molar-refractivity contribution is 5.86. The van der Waals surface area contributed by atoms with Gasteiger partial charge in [-0.25, -0.2) is 0 Å². The lowest BCUT2D eigenvalue weighted by Crippen LogP contribution is -2.31. The lowest BCUT2D eigenvalue weighted by Gasteiger charge is -2.18. The third kappa shape index (κ3) is 3.74. The van der Waals surface area contributed by atoms with Crippen LogP contribution in [-0.4, -0.2) is 21.9 Å². The average Bonchev–Trinajstić information content (AvgIpc) is 3.03. The van der Waals surface area contributed by atoms with Crippen LogP contribution < -0.4 is 5.32 Å². The molecule has 0 bridgehead atoms. The van der Waals surface area contributed by atoms with Crippen LogP contribution in [0, 0.1) is 10.1 Å². The van der Waals surface area contributed by atoms with Crippen LogP contribution in [0.5, 0.6) is 0 Å². The molecule has 6 nitrogen and oxygen atoms in total. The fourth-order valence-corrected chi connectivity index (χ4v) is 3.21. The smallest absolute Gasteiger partial charge is 0.269 e. The molecule has 6 heteroatoms. The summed E-state index contributed by atoms with van der Waals surface area (Å²) in [5.41, 5.74) is 2.71. The van der Waals surface area contributed by atoms with Crippen molar-refractivity contribution in [3.05, 3.63) is 76.0 Å². The van der Waals surface area contributed by atoms with Crippen LogP contribution in [0.3, 0.4) is 0 Å². The normalized spacial score (nSPS) is 12.3. The molecular formula is C20H21N3O3. The Morgan fingerprint density at radius 3 is 2.69 bits per heavy atom. The highest BCUT2D eigenvalue weighted by atomic mass is 16.6. The van der Waals surface area contributed by atoms with Crippen molar-refractivity contribution < 1.29 is 9.72 Å². The van der Waals surface area contributed by atoms with Gasteiger partial charge >= 0.3 is 0 Å². The van der Waals surface area contributed by atoms with E-state index in [4.69, 9.17) is 0 Å². The minimum atomic E-state index is -0.413. The molecule has 0 aliphatic rings. The zero-order chi connectivity index (χ0) is 18.7. The molecule has 1 amide bonds. The number of rotatable bonds is 6. The number of hydrogen-bond donors (Lipinski definition) is 2. The number of non-ortho nitro benzene ring substituents is 1. The number of amides is 1. The van der Waals surface area contributed by atoms with E-state index >= 15 is 0 Å². The van der Waals surface area contributed by atoms with Gasteiger partial charge in [0.25, 0.3) is 5.69 Å². The van der Waals surface area contributed by atoms with Gasteiger partial charge in [-0.3, -0.25) is 14.9 Å². The Bertz CT molecular complexity index is 946. The maximum absolute atomic E-state index is 12.4. The molecule has 0 fully saturated rings. The summed E-state index contributed by atoms with van der Waals surface area (Å²) in [7, 11) is 0. The molecule has 134 valence electrons. The molecule has 0 aliphatic heterocycles. The number of H-pyrrole nitrogens is 1. The molecule has 3 aromatic rings. The number of nitrogens with one attached hydrogen (secondary N) is 2. The van der Waals surface area contributed by atoms with Crippen molar-refractivity contribution in [1.82, 2.24) is 10.3 Å². The Balaban J connectivity index is 2.06. The number of nitrogens with zero attached hydrogens (tertiary/aromatic N) is 1. The van der Waals surface area contributed by atoms with Crippen molar-refractivity contribution in [1.29, 1.82) is 0 Å². The van der Waals surface area contributed by atoms with Crippen molar-refractivity contribution in [2.75, 3.05) is 0 Å². The molecule has 0 radical (unpaired) electrons. The van der Waals surface area contributed by atoms with Gasteiger partial charge in [0.1, 0.15) is 0 Å². The summed E-state index contributed by atoms with van der Waals surface area (Å²) in [6, 6.07) is 14.4. The highest BCUT2D eigenvalue weighted by Gasteiger charge is 2.23. The summed E-state index contributed by atoms with van der Waals surface area (Å²) < 4.78 is 0. The van der Waals surface area contributed by atoms with E-state index in [9.17, 15) is 14.9 Å². The maximum Gasteiger partial charge on any atom is 0.269 e. The van der Waals surface area contributed by atoms with Crippen LogP contribution in [-0.2, 0) is 4.79 Å². The number of fused-ring (bicyclic) bond motifs is 1. The summed E-state index contributed by atoms with van der Waals surface area (Å²) in [5.74, 6) is -0.355. The largest absolute Gasteiger partial charge is 0.361 e. The first-order chi connectivity index (χ1) is 12.5. The molecule has 0 unspecified atom stereocenters. The second-order valence-corrected chi connectivity index (χ2v) is 6.62. The summed E-state index contributed by atoms with van der Waals surface area (Å²) in [6.45, 7) is 3.82. The summed E-state index contributed by atoms with van der Waals surface area (Å²) in [6.07, 6.45) is 2.11. The maximum atomic E-state index is 12.4. The fourth-order valence-electron chi connectivity index (χ4n) is 3.21. The summed E-state index contributed by atoms with van der Waals surface area (Å²) >= 11 is 0. The molecule has 2 aromatic carbocycles. The van der Waals surface area contributed by atoms with Gasteiger partial charge in [0.15, 0.2) is 0 Å². The number of aromatic amines is 1. The summed E-state index contributed by atoms with van der Waals surface area (Å²) in [4.78, 5) is 26.4.